The Balaban J connectivity index is 2.21. The lowest BCUT2D eigenvalue weighted by molar-refractivity contribution is -0.127. The van der Waals surface area contributed by atoms with Gasteiger partial charge in [0.1, 0.15) is 0 Å². The van der Waals surface area contributed by atoms with Crippen molar-refractivity contribution in [3.05, 3.63) is 0 Å². The third-order valence-corrected chi connectivity index (χ3v) is 3.72. The summed E-state index contributed by atoms with van der Waals surface area (Å²) in [5, 5.41) is 0. The molecule has 1 saturated heterocycles. The van der Waals surface area contributed by atoms with Crippen molar-refractivity contribution in [3.8, 4) is 0 Å². The lowest BCUT2D eigenvalue weighted by Gasteiger charge is -2.12. The molecule has 5 nitrogen and oxygen atoms in total. The largest absolute Gasteiger partial charge is 0.321 e. The van der Waals surface area contributed by atoms with Crippen molar-refractivity contribution in [1.29, 1.82) is 0 Å². The maximum Gasteiger partial charge on any atom is 0.277 e. The average molecular weight is 276 g/mol. The summed E-state index contributed by atoms with van der Waals surface area (Å²) < 4.78 is 10.3. The normalized spacial score (nSPS) is 26.5. The van der Waals surface area contributed by atoms with Crippen LogP contribution in [-0.2, 0) is 13.9 Å². The van der Waals surface area contributed by atoms with Gasteiger partial charge in [0.15, 0.2) is 0 Å². The lowest BCUT2D eigenvalue weighted by atomic mass is 10.1. The molecular weight excluding hydrogens is 251 g/mol. The van der Waals surface area contributed by atoms with Crippen LogP contribution in [0.4, 0.5) is 0 Å². The molecule has 106 valence electrons. The van der Waals surface area contributed by atoms with Crippen LogP contribution in [0.1, 0.15) is 64.2 Å². The van der Waals surface area contributed by atoms with Gasteiger partial charge in [0.2, 0.25) is 5.91 Å². The van der Waals surface area contributed by atoms with E-state index in [0.29, 0.717) is 13.0 Å². The third-order valence-electron chi connectivity index (χ3n) is 3.02. The summed E-state index contributed by atoms with van der Waals surface area (Å²) in [6, 6.07) is 0. The van der Waals surface area contributed by atoms with Crippen molar-refractivity contribution in [2.75, 3.05) is 6.61 Å². The SMILES string of the molecule is NP1OCCCCCCCCCCCC(=O)NO1. The zero-order valence-corrected chi connectivity index (χ0v) is 11.9. The molecule has 1 aliphatic rings. The molecule has 3 N–H and O–H groups in total. The maximum atomic E-state index is 11.4. The monoisotopic (exact) mass is 276 g/mol. The molecule has 0 aliphatic carbocycles. The minimum absolute atomic E-state index is 0.108. The van der Waals surface area contributed by atoms with Gasteiger partial charge in [0, 0.05) is 6.42 Å². The second kappa shape index (κ2) is 10.7. The Morgan fingerprint density at radius 1 is 0.944 bits per heavy atom. The van der Waals surface area contributed by atoms with Crippen molar-refractivity contribution < 1.29 is 13.9 Å². The van der Waals surface area contributed by atoms with Gasteiger partial charge in [-0.3, -0.25) is 10.3 Å². The van der Waals surface area contributed by atoms with Crippen LogP contribution >= 0.6 is 8.53 Å². The number of nitrogens with one attached hydrogen (secondary N) is 1. The molecule has 0 radical (unpaired) electrons. The van der Waals surface area contributed by atoms with Crippen LogP contribution in [-0.4, -0.2) is 12.5 Å². The van der Waals surface area contributed by atoms with Crippen LogP contribution in [0, 0.1) is 0 Å². The fourth-order valence-corrected chi connectivity index (χ4v) is 2.51. The van der Waals surface area contributed by atoms with Crippen LogP contribution in [0.25, 0.3) is 0 Å². The second-order valence-electron chi connectivity index (χ2n) is 4.67. The molecular formula is C12H25N2O3P. The molecule has 1 amide bonds. The van der Waals surface area contributed by atoms with Crippen molar-refractivity contribution in [2.24, 2.45) is 5.50 Å². The molecule has 0 aromatic heterocycles. The van der Waals surface area contributed by atoms with Gasteiger partial charge in [0.25, 0.3) is 8.53 Å². The first kappa shape index (κ1) is 15.8. The molecule has 1 rings (SSSR count). The van der Waals surface area contributed by atoms with E-state index < -0.39 is 8.53 Å². The average Bonchev–Trinajstić information content (AvgIpc) is 2.36. The minimum atomic E-state index is -1.47. The summed E-state index contributed by atoms with van der Waals surface area (Å²) >= 11 is 0. The Morgan fingerprint density at radius 2 is 1.50 bits per heavy atom. The lowest BCUT2D eigenvalue weighted by Crippen LogP contribution is -2.23. The van der Waals surface area contributed by atoms with Gasteiger partial charge < -0.3 is 4.52 Å². The number of hydroxylamine groups is 1. The summed E-state index contributed by atoms with van der Waals surface area (Å²) in [6.07, 6.45) is 11.1. The van der Waals surface area contributed by atoms with Crippen LogP contribution in [0.3, 0.4) is 0 Å². The standard InChI is InChI=1S/C12H25N2O3P/c13-18-16-11-9-7-5-3-1-2-4-6-8-10-12(15)14-17-18/h1-11,13H2,(H,14,15). The maximum absolute atomic E-state index is 11.4. The molecule has 1 atom stereocenters. The Kier molecular flexibility index (Phi) is 9.40. The molecule has 1 unspecified atom stereocenters. The van der Waals surface area contributed by atoms with Crippen molar-refractivity contribution >= 4 is 14.4 Å². The number of hydrogen-bond acceptors (Lipinski definition) is 4. The number of rotatable bonds is 0. The van der Waals surface area contributed by atoms with E-state index >= 15 is 0 Å². The summed E-state index contributed by atoms with van der Waals surface area (Å²) in [5.74, 6) is -0.108. The molecule has 1 aliphatic heterocycles. The second-order valence-corrected chi connectivity index (χ2v) is 5.68. The highest BCUT2D eigenvalue weighted by Gasteiger charge is 2.08. The minimum Gasteiger partial charge on any atom is -0.321 e. The van der Waals surface area contributed by atoms with Gasteiger partial charge in [-0.15, -0.1) is 0 Å². The van der Waals surface area contributed by atoms with Crippen molar-refractivity contribution in [1.82, 2.24) is 5.48 Å². The topological polar surface area (TPSA) is 73.6 Å². The van der Waals surface area contributed by atoms with E-state index in [4.69, 9.17) is 14.7 Å². The van der Waals surface area contributed by atoms with E-state index in [0.717, 1.165) is 19.3 Å². The van der Waals surface area contributed by atoms with Crippen molar-refractivity contribution in [2.45, 2.75) is 64.2 Å². The van der Waals surface area contributed by atoms with E-state index in [1.807, 2.05) is 0 Å². The summed E-state index contributed by atoms with van der Waals surface area (Å²) in [4.78, 5) is 11.4. The van der Waals surface area contributed by atoms with Crippen LogP contribution in [0.2, 0.25) is 0 Å². The Morgan fingerprint density at radius 3 is 2.17 bits per heavy atom. The molecule has 0 spiro atoms. The molecule has 18 heavy (non-hydrogen) atoms. The molecule has 1 heterocycles. The van der Waals surface area contributed by atoms with Crippen molar-refractivity contribution in [3.63, 3.8) is 0 Å². The molecule has 0 aromatic carbocycles. The predicted octanol–water partition coefficient (Wildman–Crippen LogP) is 3.15. The van der Waals surface area contributed by atoms with E-state index in [-0.39, 0.29) is 5.91 Å². The zero-order chi connectivity index (χ0) is 13.1. The smallest absolute Gasteiger partial charge is 0.277 e. The highest BCUT2D eigenvalue weighted by Crippen LogP contribution is 2.27. The Hall–Kier alpha value is -0.220. The summed E-state index contributed by atoms with van der Waals surface area (Å²) in [5.41, 5.74) is 7.96. The van der Waals surface area contributed by atoms with Gasteiger partial charge in [-0.1, -0.05) is 44.9 Å². The highest BCUT2D eigenvalue weighted by molar-refractivity contribution is 7.44. The van der Waals surface area contributed by atoms with Gasteiger partial charge in [-0.05, 0) is 12.8 Å². The number of carbonyl (C=O) groups excluding carboxylic acids is 1. The molecule has 6 heteroatoms. The van der Waals surface area contributed by atoms with E-state index in [1.54, 1.807) is 0 Å². The Labute approximate surface area is 111 Å². The first-order valence-corrected chi connectivity index (χ1v) is 8.17. The van der Waals surface area contributed by atoms with E-state index in [2.05, 4.69) is 5.48 Å². The number of nitrogens with two attached hydrogens (primary N) is 1. The van der Waals surface area contributed by atoms with Gasteiger partial charge in [-0.25, -0.2) is 10.1 Å². The van der Waals surface area contributed by atoms with E-state index in [9.17, 15) is 4.79 Å². The zero-order valence-electron chi connectivity index (χ0n) is 11.0. The first-order valence-electron chi connectivity index (χ1n) is 6.92. The fourth-order valence-electron chi connectivity index (χ4n) is 1.95. The third kappa shape index (κ3) is 8.81. The highest BCUT2D eigenvalue weighted by atomic mass is 31.2. The molecule has 0 aromatic rings. The Bertz CT molecular complexity index is 229. The first-order chi connectivity index (χ1) is 8.79. The van der Waals surface area contributed by atoms with Crippen LogP contribution < -0.4 is 11.0 Å². The van der Waals surface area contributed by atoms with Gasteiger partial charge in [-0.2, -0.15) is 0 Å². The predicted molar refractivity (Wildman–Crippen MR) is 72.5 cm³/mol. The fraction of sp³-hybridized carbons (Fsp3) is 0.917. The van der Waals surface area contributed by atoms with Gasteiger partial charge >= 0.3 is 0 Å². The molecule has 0 saturated carbocycles. The van der Waals surface area contributed by atoms with Crippen LogP contribution in [0.5, 0.6) is 0 Å². The summed E-state index contributed by atoms with van der Waals surface area (Å²) in [6.45, 7) is 0.609. The van der Waals surface area contributed by atoms with Gasteiger partial charge in [0.05, 0.1) is 6.61 Å². The van der Waals surface area contributed by atoms with Crippen LogP contribution in [0.15, 0.2) is 0 Å². The number of hydrogen-bond donors (Lipinski definition) is 2. The number of amides is 1. The molecule has 1 fully saturated rings. The molecule has 0 bridgehead atoms. The van der Waals surface area contributed by atoms with E-state index in [1.165, 1.54) is 38.5 Å². The quantitative estimate of drug-likeness (QED) is 0.666. The summed E-state index contributed by atoms with van der Waals surface area (Å²) in [7, 11) is -1.47. The number of carbonyl (C=O) groups is 1.